The fraction of sp³-hybridized carbons (Fsp3) is 0.250. The van der Waals surface area contributed by atoms with Gasteiger partial charge in [0, 0.05) is 29.5 Å². The second-order valence-corrected chi connectivity index (χ2v) is 11.7. The number of pyridine rings is 2. The minimum absolute atomic E-state index is 0.258. The third-order valence-corrected chi connectivity index (χ3v) is 7.68. The molecule has 0 spiro atoms. The maximum absolute atomic E-state index is 12.1. The van der Waals surface area contributed by atoms with Gasteiger partial charge in [-0.05, 0) is 92.6 Å². The number of hydrogen-bond donors (Lipinski definition) is 2. The van der Waals surface area contributed by atoms with E-state index in [0.29, 0.717) is 22.2 Å². The van der Waals surface area contributed by atoms with Crippen LogP contribution in [0.5, 0.6) is 5.75 Å². The number of rotatable bonds is 7. The van der Waals surface area contributed by atoms with Gasteiger partial charge in [0.25, 0.3) is 0 Å². The molecular formula is C28H30N6O3S2. The minimum atomic E-state index is -3.54. The van der Waals surface area contributed by atoms with Crippen LogP contribution in [0.4, 0.5) is 11.4 Å². The minimum Gasteiger partial charge on any atom is -0.495 e. The highest BCUT2D eigenvalue weighted by molar-refractivity contribution is 7.92. The lowest BCUT2D eigenvalue weighted by molar-refractivity contribution is 0.417. The summed E-state index contributed by atoms with van der Waals surface area (Å²) in [4.78, 5) is 11.3. The molecule has 1 aliphatic rings. The maximum Gasteiger partial charge on any atom is 0.229 e. The van der Waals surface area contributed by atoms with Gasteiger partial charge in [0.15, 0.2) is 5.11 Å². The van der Waals surface area contributed by atoms with E-state index in [-0.39, 0.29) is 12.1 Å². The number of ether oxygens (including phenoxy) is 1. The summed E-state index contributed by atoms with van der Waals surface area (Å²) in [5, 5.41) is 3.97. The summed E-state index contributed by atoms with van der Waals surface area (Å²) in [7, 11) is -2.04. The van der Waals surface area contributed by atoms with Crippen LogP contribution < -0.4 is 19.7 Å². The van der Waals surface area contributed by atoms with E-state index >= 15 is 0 Å². The zero-order valence-electron chi connectivity index (χ0n) is 22.3. The van der Waals surface area contributed by atoms with E-state index in [9.17, 15) is 8.42 Å². The molecule has 2 atom stereocenters. The van der Waals surface area contributed by atoms with Crippen molar-refractivity contribution in [1.29, 1.82) is 0 Å². The number of sulfonamides is 1. The highest BCUT2D eigenvalue weighted by Gasteiger charge is 2.42. The smallest absolute Gasteiger partial charge is 0.229 e. The van der Waals surface area contributed by atoms with Crippen molar-refractivity contribution in [2.45, 2.75) is 32.9 Å². The van der Waals surface area contributed by atoms with Crippen LogP contribution in [-0.4, -0.2) is 41.4 Å². The van der Waals surface area contributed by atoms with Crippen LogP contribution in [0.25, 0.3) is 5.82 Å². The van der Waals surface area contributed by atoms with Crippen molar-refractivity contribution in [3.63, 3.8) is 0 Å². The first-order valence-corrected chi connectivity index (χ1v) is 14.7. The fourth-order valence-electron chi connectivity index (χ4n) is 5.16. The Morgan fingerprint density at radius 1 is 1.03 bits per heavy atom. The second kappa shape index (κ2) is 10.3. The topological polar surface area (TPSA) is 101 Å². The number of thiocarbonyl (C=S) groups is 1. The number of aromatic nitrogens is 3. The van der Waals surface area contributed by atoms with Crippen molar-refractivity contribution in [3.8, 4) is 11.6 Å². The van der Waals surface area contributed by atoms with Crippen LogP contribution in [0.15, 0.2) is 67.0 Å². The number of benzene rings is 1. The Morgan fingerprint density at radius 3 is 2.49 bits per heavy atom. The summed E-state index contributed by atoms with van der Waals surface area (Å²) in [6.07, 6.45) is 4.68. The molecular weight excluding hydrogens is 532 g/mol. The molecule has 9 nitrogen and oxygen atoms in total. The molecule has 0 unspecified atom stereocenters. The van der Waals surface area contributed by atoms with Crippen LogP contribution in [0.3, 0.4) is 0 Å². The standard InChI is InChI=1S/C28H30N6O3S2/c1-17-11-13-30-25(14-17)33-18(2)15-21(19(33)3)27-26(22-8-6-7-12-29-22)31-28(38)34(27)20-9-10-24(37-4)23(16-20)32-39(5,35)36/h6-16,26-27,32H,1-5H3,(H,31,38)/t26-,27+/m1/s1. The summed E-state index contributed by atoms with van der Waals surface area (Å²) in [5.74, 6) is 1.25. The Hall–Kier alpha value is -3.96. The zero-order chi connectivity index (χ0) is 27.9. The number of anilines is 2. The lowest BCUT2D eigenvalue weighted by Crippen LogP contribution is -2.29. The molecule has 4 heterocycles. The normalized spacial score (nSPS) is 17.3. The molecule has 1 saturated heterocycles. The van der Waals surface area contributed by atoms with Crippen molar-refractivity contribution < 1.29 is 13.2 Å². The van der Waals surface area contributed by atoms with Gasteiger partial charge in [-0.25, -0.2) is 13.4 Å². The predicted molar refractivity (Wildman–Crippen MR) is 157 cm³/mol. The predicted octanol–water partition coefficient (Wildman–Crippen LogP) is 4.75. The molecule has 1 aromatic carbocycles. The van der Waals surface area contributed by atoms with Gasteiger partial charge in [0.05, 0.1) is 36.8 Å². The lowest BCUT2D eigenvalue weighted by atomic mass is 9.96. The number of aryl methyl sites for hydroxylation is 2. The van der Waals surface area contributed by atoms with E-state index < -0.39 is 10.0 Å². The molecule has 2 N–H and O–H groups in total. The van der Waals surface area contributed by atoms with Gasteiger partial charge in [-0.1, -0.05) is 6.07 Å². The molecule has 0 amide bonds. The van der Waals surface area contributed by atoms with Gasteiger partial charge in [-0.3, -0.25) is 9.71 Å². The number of nitrogens with zero attached hydrogens (tertiary/aromatic N) is 4. The van der Waals surface area contributed by atoms with Crippen LogP contribution in [0.2, 0.25) is 0 Å². The van der Waals surface area contributed by atoms with E-state index in [4.69, 9.17) is 17.0 Å². The first-order valence-electron chi connectivity index (χ1n) is 12.4. The highest BCUT2D eigenvalue weighted by atomic mass is 32.2. The largest absolute Gasteiger partial charge is 0.495 e. The first-order chi connectivity index (χ1) is 18.6. The van der Waals surface area contributed by atoms with E-state index in [1.807, 2.05) is 48.4 Å². The Balaban J connectivity index is 1.69. The van der Waals surface area contributed by atoms with Gasteiger partial charge in [0.1, 0.15) is 11.6 Å². The summed E-state index contributed by atoms with van der Waals surface area (Å²) >= 11 is 5.88. The molecule has 1 aliphatic heterocycles. The molecule has 1 fully saturated rings. The Kier molecular flexibility index (Phi) is 7.04. The molecule has 5 rings (SSSR count). The summed E-state index contributed by atoms with van der Waals surface area (Å²) in [5.41, 5.74) is 6.11. The van der Waals surface area contributed by atoms with Crippen molar-refractivity contribution >= 4 is 38.7 Å². The van der Waals surface area contributed by atoms with Crippen molar-refractivity contribution in [1.82, 2.24) is 19.9 Å². The van der Waals surface area contributed by atoms with Gasteiger partial charge in [-0.2, -0.15) is 0 Å². The molecule has 4 aromatic rings. The molecule has 0 saturated carbocycles. The van der Waals surface area contributed by atoms with E-state index in [1.165, 1.54) is 7.11 Å². The number of hydrogen-bond acceptors (Lipinski definition) is 6. The molecule has 0 radical (unpaired) electrons. The maximum atomic E-state index is 12.1. The van der Waals surface area contributed by atoms with Gasteiger partial charge in [0.2, 0.25) is 10.0 Å². The molecule has 0 aliphatic carbocycles. The van der Waals surface area contributed by atoms with Gasteiger partial charge < -0.3 is 19.5 Å². The zero-order valence-corrected chi connectivity index (χ0v) is 24.0. The van der Waals surface area contributed by atoms with Crippen LogP contribution in [-0.2, 0) is 10.0 Å². The summed E-state index contributed by atoms with van der Waals surface area (Å²) in [6.45, 7) is 6.18. The Labute approximate surface area is 233 Å². The fourth-order valence-corrected chi connectivity index (χ4v) is 6.06. The van der Waals surface area contributed by atoms with E-state index in [0.717, 1.165) is 40.3 Å². The molecule has 39 heavy (non-hydrogen) atoms. The Morgan fingerprint density at radius 2 is 1.82 bits per heavy atom. The third kappa shape index (κ3) is 5.19. The molecule has 3 aromatic heterocycles. The average molecular weight is 563 g/mol. The van der Waals surface area contributed by atoms with Crippen LogP contribution in [0, 0.1) is 20.8 Å². The van der Waals surface area contributed by atoms with Gasteiger partial charge in [-0.15, -0.1) is 0 Å². The van der Waals surface area contributed by atoms with Crippen LogP contribution >= 0.6 is 12.2 Å². The van der Waals surface area contributed by atoms with E-state index in [2.05, 4.69) is 50.6 Å². The number of methoxy groups -OCH3 is 1. The quantitative estimate of drug-likeness (QED) is 0.311. The van der Waals surface area contributed by atoms with Gasteiger partial charge >= 0.3 is 0 Å². The summed E-state index contributed by atoms with van der Waals surface area (Å²) < 4.78 is 34.3. The monoisotopic (exact) mass is 562 g/mol. The summed E-state index contributed by atoms with van der Waals surface area (Å²) in [6, 6.07) is 16.8. The molecule has 202 valence electrons. The first kappa shape index (κ1) is 26.6. The third-order valence-electron chi connectivity index (χ3n) is 6.77. The average Bonchev–Trinajstić information content (AvgIpc) is 3.38. The highest BCUT2D eigenvalue weighted by Crippen LogP contribution is 2.45. The van der Waals surface area contributed by atoms with Crippen LogP contribution in [0.1, 0.15) is 40.3 Å². The molecule has 11 heteroatoms. The van der Waals surface area contributed by atoms with Crippen molar-refractivity contribution in [2.24, 2.45) is 0 Å². The van der Waals surface area contributed by atoms with E-state index in [1.54, 1.807) is 18.3 Å². The number of nitrogens with one attached hydrogen (secondary N) is 2. The second-order valence-electron chi connectivity index (χ2n) is 9.61. The molecule has 0 bridgehead atoms. The van der Waals surface area contributed by atoms with Crippen molar-refractivity contribution in [2.75, 3.05) is 23.0 Å². The SMILES string of the molecule is COc1ccc(N2C(=S)N[C@H](c3ccccn3)[C@@H]2c2cc(C)n(-c3cc(C)ccn3)c2C)cc1NS(C)(=O)=O. The van der Waals surface area contributed by atoms with Crippen molar-refractivity contribution in [3.05, 3.63) is 95.2 Å². The lowest BCUT2D eigenvalue weighted by Gasteiger charge is -2.29. The Bertz CT molecular complexity index is 1650.